The highest BCUT2D eigenvalue weighted by Crippen LogP contribution is 2.31. The smallest absolute Gasteiger partial charge is 0.302 e. The lowest BCUT2D eigenvalue weighted by atomic mass is 10.2. The number of H-pyrrole nitrogens is 1. The SMILES string of the molecule is CC(=O)OCC[C@@H]1CSC(c2cc3cccc(NC4CCCC4)c3[nH]2)=N1. The fourth-order valence-electron chi connectivity index (χ4n) is 3.73. The second-order valence-electron chi connectivity index (χ2n) is 7.11. The molecule has 2 N–H and O–H groups in total. The van der Waals surface area contributed by atoms with Crippen LogP contribution < -0.4 is 5.32 Å². The van der Waals surface area contributed by atoms with Gasteiger partial charge in [0, 0.05) is 30.5 Å². The van der Waals surface area contributed by atoms with Gasteiger partial charge in [0.15, 0.2) is 0 Å². The molecule has 1 aliphatic heterocycles. The molecular weight excluding hydrogens is 346 g/mol. The summed E-state index contributed by atoms with van der Waals surface area (Å²) in [4.78, 5) is 19.3. The van der Waals surface area contributed by atoms with E-state index in [9.17, 15) is 4.79 Å². The van der Waals surface area contributed by atoms with Gasteiger partial charge in [0.25, 0.3) is 0 Å². The van der Waals surface area contributed by atoms with Crippen molar-refractivity contribution in [3.8, 4) is 0 Å². The van der Waals surface area contributed by atoms with Gasteiger partial charge in [-0.05, 0) is 25.0 Å². The minimum atomic E-state index is -0.224. The Morgan fingerprint density at radius 2 is 2.23 bits per heavy atom. The van der Waals surface area contributed by atoms with Gasteiger partial charge in [-0.25, -0.2) is 0 Å². The van der Waals surface area contributed by atoms with Gasteiger partial charge in [-0.2, -0.15) is 0 Å². The van der Waals surface area contributed by atoms with E-state index in [1.54, 1.807) is 11.8 Å². The van der Waals surface area contributed by atoms with Crippen LogP contribution in [-0.2, 0) is 9.53 Å². The molecule has 0 bridgehead atoms. The van der Waals surface area contributed by atoms with Crippen molar-refractivity contribution in [1.82, 2.24) is 4.98 Å². The number of hydrogen-bond donors (Lipinski definition) is 2. The number of nitrogens with one attached hydrogen (secondary N) is 2. The Labute approximate surface area is 158 Å². The van der Waals surface area contributed by atoms with E-state index in [4.69, 9.17) is 9.73 Å². The van der Waals surface area contributed by atoms with E-state index in [0.29, 0.717) is 12.6 Å². The molecule has 1 saturated carbocycles. The molecule has 0 spiro atoms. The molecule has 4 rings (SSSR count). The van der Waals surface area contributed by atoms with Gasteiger partial charge in [-0.1, -0.05) is 25.0 Å². The average Bonchev–Trinajstić information content (AvgIpc) is 3.35. The van der Waals surface area contributed by atoms with E-state index in [-0.39, 0.29) is 12.0 Å². The Morgan fingerprint density at radius 1 is 1.38 bits per heavy atom. The van der Waals surface area contributed by atoms with Crippen molar-refractivity contribution in [2.24, 2.45) is 4.99 Å². The summed E-state index contributed by atoms with van der Waals surface area (Å²) in [5.74, 6) is 0.719. The third-order valence-corrected chi connectivity index (χ3v) is 6.22. The number of carbonyl (C=O) groups is 1. The molecule has 2 heterocycles. The number of hydrogen-bond acceptors (Lipinski definition) is 5. The minimum Gasteiger partial charge on any atom is -0.466 e. The number of esters is 1. The van der Waals surface area contributed by atoms with Gasteiger partial charge >= 0.3 is 5.97 Å². The molecule has 0 saturated heterocycles. The van der Waals surface area contributed by atoms with Gasteiger partial charge in [-0.3, -0.25) is 9.79 Å². The van der Waals surface area contributed by atoms with Gasteiger partial charge < -0.3 is 15.0 Å². The summed E-state index contributed by atoms with van der Waals surface area (Å²) in [6.07, 6.45) is 5.95. The largest absolute Gasteiger partial charge is 0.466 e. The number of aliphatic imine (C=N–C) groups is 1. The Hall–Kier alpha value is -1.95. The first-order chi connectivity index (χ1) is 12.7. The Balaban J connectivity index is 1.49. The van der Waals surface area contributed by atoms with E-state index in [1.165, 1.54) is 49.2 Å². The van der Waals surface area contributed by atoms with E-state index >= 15 is 0 Å². The number of thioether (sulfide) groups is 1. The van der Waals surface area contributed by atoms with Crippen molar-refractivity contribution < 1.29 is 9.53 Å². The molecule has 1 fully saturated rings. The maximum atomic E-state index is 10.9. The highest BCUT2D eigenvalue weighted by molar-refractivity contribution is 8.14. The summed E-state index contributed by atoms with van der Waals surface area (Å²) in [6.45, 7) is 1.89. The quantitative estimate of drug-likeness (QED) is 0.742. The molecule has 6 heteroatoms. The highest BCUT2D eigenvalue weighted by atomic mass is 32.2. The number of anilines is 1. The molecule has 2 aromatic rings. The zero-order valence-corrected chi connectivity index (χ0v) is 15.9. The topological polar surface area (TPSA) is 66.5 Å². The number of para-hydroxylation sites is 1. The van der Waals surface area contributed by atoms with Gasteiger partial charge in [0.2, 0.25) is 0 Å². The van der Waals surface area contributed by atoms with Crippen LogP contribution in [0.4, 0.5) is 5.69 Å². The Kier molecular flexibility index (Phi) is 5.20. The van der Waals surface area contributed by atoms with Crippen LogP contribution in [0.5, 0.6) is 0 Å². The average molecular weight is 372 g/mol. The molecule has 1 aromatic carbocycles. The fourth-order valence-corrected chi connectivity index (χ4v) is 4.81. The summed E-state index contributed by atoms with van der Waals surface area (Å²) < 4.78 is 5.04. The number of nitrogens with zero attached hydrogens (tertiary/aromatic N) is 1. The van der Waals surface area contributed by atoms with Crippen LogP contribution in [0.15, 0.2) is 29.3 Å². The molecule has 0 unspecified atom stereocenters. The Bertz CT molecular complexity index is 824. The Morgan fingerprint density at radius 3 is 3.04 bits per heavy atom. The van der Waals surface area contributed by atoms with Gasteiger partial charge in [-0.15, -0.1) is 11.8 Å². The normalized spacial score (nSPS) is 20.5. The zero-order chi connectivity index (χ0) is 17.9. The van der Waals surface area contributed by atoms with Crippen LogP contribution >= 0.6 is 11.8 Å². The predicted octanol–water partition coefficient (Wildman–Crippen LogP) is 4.34. The first kappa shape index (κ1) is 17.5. The van der Waals surface area contributed by atoms with Crippen molar-refractivity contribution in [2.45, 2.75) is 51.1 Å². The van der Waals surface area contributed by atoms with Crippen LogP contribution in [0.3, 0.4) is 0 Å². The van der Waals surface area contributed by atoms with Crippen molar-refractivity contribution in [3.05, 3.63) is 30.0 Å². The molecule has 138 valence electrons. The van der Waals surface area contributed by atoms with Crippen LogP contribution in [0, 0.1) is 0 Å². The number of benzene rings is 1. The molecule has 1 aliphatic carbocycles. The number of carbonyl (C=O) groups excluding carboxylic acids is 1. The first-order valence-electron chi connectivity index (χ1n) is 9.41. The predicted molar refractivity (Wildman–Crippen MR) is 108 cm³/mol. The van der Waals surface area contributed by atoms with E-state index in [2.05, 4.69) is 34.6 Å². The number of ether oxygens (including phenoxy) is 1. The van der Waals surface area contributed by atoms with Crippen molar-refractivity contribution in [1.29, 1.82) is 0 Å². The van der Waals surface area contributed by atoms with Crippen LogP contribution in [-0.4, -0.2) is 40.4 Å². The number of fused-ring (bicyclic) bond motifs is 1. The number of aromatic amines is 1. The molecule has 5 nitrogen and oxygen atoms in total. The highest BCUT2D eigenvalue weighted by Gasteiger charge is 2.22. The van der Waals surface area contributed by atoms with Crippen molar-refractivity contribution >= 4 is 39.4 Å². The van der Waals surface area contributed by atoms with Crippen molar-refractivity contribution in [3.63, 3.8) is 0 Å². The monoisotopic (exact) mass is 371 g/mol. The summed E-state index contributed by atoms with van der Waals surface area (Å²) in [5, 5.41) is 5.98. The lowest BCUT2D eigenvalue weighted by Gasteiger charge is -2.14. The summed E-state index contributed by atoms with van der Waals surface area (Å²) in [6, 6.07) is 9.42. The number of aromatic nitrogens is 1. The van der Waals surface area contributed by atoms with Crippen molar-refractivity contribution in [2.75, 3.05) is 17.7 Å². The van der Waals surface area contributed by atoms with Crippen LogP contribution in [0.1, 0.15) is 44.7 Å². The third kappa shape index (κ3) is 3.90. The molecule has 0 amide bonds. The van der Waals surface area contributed by atoms with Crippen LogP contribution in [0.25, 0.3) is 10.9 Å². The molecule has 1 atom stereocenters. The van der Waals surface area contributed by atoms with Gasteiger partial charge in [0.05, 0.1) is 29.5 Å². The molecular formula is C20H25N3O2S. The van der Waals surface area contributed by atoms with E-state index < -0.39 is 0 Å². The summed E-state index contributed by atoms with van der Waals surface area (Å²) in [7, 11) is 0. The van der Waals surface area contributed by atoms with E-state index in [1.807, 2.05) is 0 Å². The number of rotatable bonds is 6. The minimum absolute atomic E-state index is 0.219. The summed E-state index contributed by atoms with van der Waals surface area (Å²) >= 11 is 1.77. The van der Waals surface area contributed by atoms with Crippen LogP contribution in [0.2, 0.25) is 0 Å². The maximum absolute atomic E-state index is 10.9. The molecule has 1 aromatic heterocycles. The second kappa shape index (κ2) is 7.74. The molecule has 0 radical (unpaired) electrons. The second-order valence-corrected chi connectivity index (χ2v) is 8.12. The standard InChI is InChI=1S/C20H25N3O2S/c1-13(24)25-10-9-16-12-26-20(22-16)18-11-14-5-4-8-17(19(14)23-18)21-15-6-2-3-7-15/h4-5,8,11,15-16,21,23H,2-3,6-7,9-10,12H2,1H3/t16-/m1/s1. The van der Waals surface area contributed by atoms with Gasteiger partial charge in [0.1, 0.15) is 5.04 Å². The lowest BCUT2D eigenvalue weighted by molar-refractivity contribution is -0.141. The zero-order valence-electron chi connectivity index (χ0n) is 15.1. The molecule has 26 heavy (non-hydrogen) atoms. The third-order valence-electron chi connectivity index (χ3n) is 5.07. The maximum Gasteiger partial charge on any atom is 0.302 e. The lowest BCUT2D eigenvalue weighted by Crippen LogP contribution is -2.14. The van der Waals surface area contributed by atoms with E-state index in [0.717, 1.165) is 22.9 Å². The first-order valence-corrected chi connectivity index (χ1v) is 10.4. The fraction of sp³-hybridized carbons (Fsp3) is 0.500. The molecule has 2 aliphatic rings. The summed E-state index contributed by atoms with van der Waals surface area (Å²) in [5.41, 5.74) is 3.44.